The fourth-order valence-electron chi connectivity index (χ4n) is 2.05. The molecule has 1 N–H and O–H groups in total. The number of carbonyl (C=O) groups is 3. The van der Waals surface area contributed by atoms with Gasteiger partial charge in [0.25, 0.3) is 0 Å². The Hall–Kier alpha value is -1.39. The van der Waals surface area contributed by atoms with Crippen LogP contribution >= 0.6 is 0 Å². The summed E-state index contributed by atoms with van der Waals surface area (Å²) in [6, 6.07) is -1.00. The third kappa shape index (κ3) is 2.65. The number of carboxylic acids is 1. The second-order valence-electron chi connectivity index (χ2n) is 5.13. The molecule has 1 saturated heterocycles. The van der Waals surface area contributed by atoms with Gasteiger partial charge in [-0.1, -0.05) is 33.6 Å². The van der Waals surface area contributed by atoms with Gasteiger partial charge in [-0.15, -0.1) is 0 Å². The topological polar surface area (TPSA) is 74.7 Å². The third-order valence-electron chi connectivity index (χ3n) is 3.09. The van der Waals surface area contributed by atoms with Gasteiger partial charge in [0.15, 0.2) is 0 Å². The van der Waals surface area contributed by atoms with Crippen LogP contribution in [0.25, 0.3) is 0 Å². The summed E-state index contributed by atoms with van der Waals surface area (Å²) in [4.78, 5) is 35.8. The number of rotatable bonds is 5. The Balaban J connectivity index is 2.91. The normalized spacial score (nSPS) is 20.8. The Morgan fingerprint density at radius 3 is 2.41 bits per heavy atom. The summed E-state index contributed by atoms with van der Waals surface area (Å²) in [6.07, 6.45) is 1.96. The summed E-state index contributed by atoms with van der Waals surface area (Å²) in [5, 5.41) is 9.12. The number of unbranched alkanes of at least 4 members (excludes halogenated alkanes) is 1. The van der Waals surface area contributed by atoms with Crippen LogP contribution in [0.2, 0.25) is 0 Å². The molecule has 1 unspecified atom stereocenters. The molecular formula is C12H19NO4. The van der Waals surface area contributed by atoms with Crippen LogP contribution in [-0.4, -0.2) is 33.8 Å². The Morgan fingerprint density at radius 1 is 1.47 bits per heavy atom. The predicted molar refractivity (Wildman–Crippen MR) is 61.2 cm³/mol. The van der Waals surface area contributed by atoms with Gasteiger partial charge < -0.3 is 5.11 Å². The van der Waals surface area contributed by atoms with Crippen LogP contribution in [-0.2, 0) is 14.4 Å². The number of carbonyl (C=O) groups excluding carboxylic acids is 2. The van der Waals surface area contributed by atoms with E-state index in [2.05, 4.69) is 0 Å². The van der Waals surface area contributed by atoms with Gasteiger partial charge in [0, 0.05) is 6.42 Å². The average Bonchev–Trinajstić information content (AvgIpc) is 2.40. The number of nitrogens with zero attached hydrogens (tertiary/aromatic N) is 1. The van der Waals surface area contributed by atoms with Crippen molar-refractivity contribution in [3.8, 4) is 0 Å². The SMILES string of the molecule is CCCCC(C(=O)O)N1C(=O)CC(C)(C)C1=O. The number of carboxylic acid groups (broad SMARTS) is 1. The molecule has 1 heterocycles. The average molecular weight is 241 g/mol. The molecule has 1 aliphatic heterocycles. The molecule has 5 heteroatoms. The number of likely N-dealkylation sites (tertiary alicyclic amines) is 1. The lowest BCUT2D eigenvalue weighted by Crippen LogP contribution is -2.46. The molecule has 1 rings (SSSR count). The van der Waals surface area contributed by atoms with E-state index in [0.717, 1.165) is 11.3 Å². The minimum Gasteiger partial charge on any atom is -0.480 e. The van der Waals surface area contributed by atoms with E-state index >= 15 is 0 Å². The lowest BCUT2D eigenvalue weighted by molar-refractivity contribution is -0.155. The Bertz CT molecular complexity index is 348. The van der Waals surface area contributed by atoms with Crippen molar-refractivity contribution in [3.05, 3.63) is 0 Å². The highest BCUT2D eigenvalue weighted by molar-refractivity contribution is 6.07. The molecule has 0 saturated carbocycles. The summed E-state index contributed by atoms with van der Waals surface area (Å²) in [6.45, 7) is 5.29. The minimum absolute atomic E-state index is 0.0989. The van der Waals surface area contributed by atoms with Gasteiger partial charge in [0.1, 0.15) is 6.04 Å². The van der Waals surface area contributed by atoms with E-state index in [0.29, 0.717) is 12.8 Å². The van der Waals surface area contributed by atoms with Crippen LogP contribution in [0.4, 0.5) is 0 Å². The fraction of sp³-hybridized carbons (Fsp3) is 0.750. The first kappa shape index (κ1) is 13.7. The van der Waals surface area contributed by atoms with Gasteiger partial charge in [-0.05, 0) is 6.42 Å². The van der Waals surface area contributed by atoms with Crippen molar-refractivity contribution in [1.82, 2.24) is 4.90 Å². The predicted octanol–water partition coefficient (Wildman–Crippen LogP) is 1.41. The molecule has 0 aromatic heterocycles. The molecule has 0 radical (unpaired) electrons. The maximum Gasteiger partial charge on any atom is 0.326 e. The number of hydrogen-bond donors (Lipinski definition) is 1. The Morgan fingerprint density at radius 2 is 2.06 bits per heavy atom. The number of imide groups is 1. The zero-order valence-corrected chi connectivity index (χ0v) is 10.5. The summed E-state index contributed by atoms with van der Waals surface area (Å²) in [5.74, 6) is -1.84. The maximum atomic E-state index is 12.0. The van der Waals surface area contributed by atoms with Gasteiger partial charge in [0.05, 0.1) is 5.41 Å². The zero-order chi connectivity index (χ0) is 13.2. The molecule has 0 aromatic rings. The van der Waals surface area contributed by atoms with Crippen LogP contribution in [0.3, 0.4) is 0 Å². The van der Waals surface area contributed by atoms with Crippen LogP contribution in [0.15, 0.2) is 0 Å². The maximum absolute atomic E-state index is 12.0. The second-order valence-corrected chi connectivity index (χ2v) is 5.13. The summed E-state index contributed by atoms with van der Waals surface area (Å²) in [7, 11) is 0. The minimum atomic E-state index is -1.10. The van der Waals surface area contributed by atoms with Crippen LogP contribution < -0.4 is 0 Å². The quantitative estimate of drug-likeness (QED) is 0.738. The van der Waals surface area contributed by atoms with Crippen molar-refractivity contribution in [2.75, 3.05) is 0 Å². The standard InChI is InChI=1S/C12H19NO4/c1-4-5-6-8(10(15)16)13-9(14)7-12(2,3)11(13)17/h8H,4-7H2,1-3H3,(H,15,16). The summed E-state index contributed by atoms with van der Waals surface area (Å²) < 4.78 is 0. The first-order valence-electron chi connectivity index (χ1n) is 5.90. The molecule has 1 aliphatic rings. The number of aliphatic carboxylic acids is 1. The summed E-state index contributed by atoms with van der Waals surface area (Å²) in [5.41, 5.74) is -0.767. The highest BCUT2D eigenvalue weighted by atomic mass is 16.4. The highest BCUT2D eigenvalue weighted by Gasteiger charge is 2.49. The molecule has 5 nitrogen and oxygen atoms in total. The number of amides is 2. The molecule has 0 aliphatic carbocycles. The monoisotopic (exact) mass is 241 g/mol. The fourth-order valence-corrected chi connectivity index (χ4v) is 2.05. The van der Waals surface area contributed by atoms with E-state index in [4.69, 9.17) is 5.11 Å². The number of hydrogen-bond acceptors (Lipinski definition) is 3. The van der Waals surface area contributed by atoms with Crippen molar-refractivity contribution in [2.45, 2.75) is 52.5 Å². The molecule has 1 fully saturated rings. The van der Waals surface area contributed by atoms with E-state index in [9.17, 15) is 14.4 Å². The van der Waals surface area contributed by atoms with E-state index in [-0.39, 0.29) is 18.2 Å². The molecule has 17 heavy (non-hydrogen) atoms. The first-order chi connectivity index (χ1) is 7.81. The molecule has 0 spiro atoms. The van der Waals surface area contributed by atoms with Gasteiger partial charge in [-0.25, -0.2) is 4.79 Å². The smallest absolute Gasteiger partial charge is 0.326 e. The van der Waals surface area contributed by atoms with Gasteiger partial charge >= 0.3 is 5.97 Å². The molecule has 2 amide bonds. The van der Waals surface area contributed by atoms with Crippen LogP contribution in [0, 0.1) is 5.41 Å². The lowest BCUT2D eigenvalue weighted by Gasteiger charge is -2.24. The van der Waals surface area contributed by atoms with Crippen LogP contribution in [0.5, 0.6) is 0 Å². The molecule has 96 valence electrons. The summed E-state index contributed by atoms with van der Waals surface area (Å²) >= 11 is 0. The van der Waals surface area contributed by atoms with Crippen molar-refractivity contribution in [3.63, 3.8) is 0 Å². The van der Waals surface area contributed by atoms with E-state index in [1.54, 1.807) is 13.8 Å². The van der Waals surface area contributed by atoms with Crippen molar-refractivity contribution in [1.29, 1.82) is 0 Å². The molecular weight excluding hydrogens is 222 g/mol. The van der Waals surface area contributed by atoms with Crippen molar-refractivity contribution in [2.24, 2.45) is 5.41 Å². The van der Waals surface area contributed by atoms with Gasteiger partial charge in [-0.2, -0.15) is 0 Å². The second kappa shape index (κ2) is 4.85. The Labute approximate surface area is 101 Å². The highest BCUT2D eigenvalue weighted by Crippen LogP contribution is 2.33. The molecule has 0 bridgehead atoms. The molecule has 1 atom stereocenters. The van der Waals surface area contributed by atoms with Gasteiger partial charge in [-0.3, -0.25) is 14.5 Å². The molecule has 0 aromatic carbocycles. The van der Waals surface area contributed by atoms with Crippen molar-refractivity contribution < 1.29 is 19.5 Å². The third-order valence-corrected chi connectivity index (χ3v) is 3.09. The lowest BCUT2D eigenvalue weighted by atomic mass is 9.92. The largest absolute Gasteiger partial charge is 0.480 e. The first-order valence-corrected chi connectivity index (χ1v) is 5.90. The van der Waals surface area contributed by atoms with Gasteiger partial charge in [0.2, 0.25) is 11.8 Å². The Kier molecular flexibility index (Phi) is 3.91. The van der Waals surface area contributed by atoms with Crippen molar-refractivity contribution >= 4 is 17.8 Å². The van der Waals surface area contributed by atoms with E-state index in [1.165, 1.54) is 0 Å². The van der Waals surface area contributed by atoms with E-state index in [1.807, 2.05) is 6.92 Å². The van der Waals surface area contributed by atoms with Crippen LogP contribution in [0.1, 0.15) is 46.5 Å². The zero-order valence-electron chi connectivity index (χ0n) is 10.5. The van der Waals surface area contributed by atoms with E-state index < -0.39 is 17.4 Å².